The number of nitrogens with one attached hydrogen (secondary N) is 1. The highest BCUT2D eigenvalue weighted by Crippen LogP contribution is 2.28. The fourth-order valence-electron chi connectivity index (χ4n) is 2.04. The number of carbonyl (C=O) groups excluding carboxylic acids is 2. The number of esters is 1. The van der Waals surface area contributed by atoms with Crippen molar-refractivity contribution in [2.24, 2.45) is 11.1 Å². The summed E-state index contributed by atoms with van der Waals surface area (Å²) in [6.07, 6.45) is 0.516. The maximum absolute atomic E-state index is 13.9. The van der Waals surface area contributed by atoms with Crippen LogP contribution in [0.5, 0.6) is 5.75 Å². The van der Waals surface area contributed by atoms with Crippen LogP contribution < -0.4 is 10.5 Å². The minimum atomic E-state index is -0.768. The first-order valence-electron chi connectivity index (χ1n) is 7.56. The lowest BCUT2D eigenvalue weighted by Gasteiger charge is -2.19. The standard InChI is InChI=1S/C18H19FN2O3S/c1-10(22)18(2,3)9-12-5-7-15(25-12)17(23)24-14-6-4-11(16(20)21)8-13(14)19/h4-8H,9H2,1-3H3,(H3,20,21). The fraction of sp³-hybridized carbons (Fsp3) is 0.278. The fourth-order valence-corrected chi connectivity index (χ4v) is 3.16. The number of ketones is 1. The summed E-state index contributed by atoms with van der Waals surface area (Å²) < 4.78 is 19.0. The minimum Gasteiger partial charge on any atom is -0.419 e. The van der Waals surface area contributed by atoms with Crippen molar-refractivity contribution in [1.29, 1.82) is 5.41 Å². The van der Waals surface area contributed by atoms with Crippen LogP contribution in [-0.4, -0.2) is 17.6 Å². The van der Waals surface area contributed by atoms with Crippen molar-refractivity contribution in [3.05, 3.63) is 51.5 Å². The number of hydrogen-bond acceptors (Lipinski definition) is 5. The third-order valence-electron chi connectivity index (χ3n) is 3.88. The van der Waals surface area contributed by atoms with Crippen LogP contribution in [0.25, 0.3) is 0 Å². The summed E-state index contributed by atoms with van der Waals surface area (Å²) in [6.45, 7) is 5.23. The molecule has 7 heteroatoms. The zero-order chi connectivity index (χ0) is 18.8. The van der Waals surface area contributed by atoms with Crippen LogP contribution in [0, 0.1) is 16.6 Å². The van der Waals surface area contributed by atoms with Crippen molar-refractivity contribution >= 4 is 28.9 Å². The van der Waals surface area contributed by atoms with Crippen LogP contribution in [0.3, 0.4) is 0 Å². The van der Waals surface area contributed by atoms with Gasteiger partial charge in [-0.05, 0) is 43.7 Å². The van der Waals surface area contributed by atoms with Crippen molar-refractivity contribution in [2.75, 3.05) is 0 Å². The molecule has 2 aromatic rings. The topological polar surface area (TPSA) is 93.2 Å². The summed E-state index contributed by atoms with van der Waals surface area (Å²) in [5.74, 6) is -1.87. The molecular formula is C18H19FN2O3S. The molecule has 0 saturated heterocycles. The average molecular weight is 362 g/mol. The number of benzene rings is 1. The van der Waals surface area contributed by atoms with Crippen molar-refractivity contribution < 1.29 is 18.7 Å². The molecule has 5 nitrogen and oxygen atoms in total. The lowest BCUT2D eigenvalue weighted by molar-refractivity contribution is -0.124. The number of amidine groups is 1. The van der Waals surface area contributed by atoms with E-state index in [2.05, 4.69) is 0 Å². The second-order valence-electron chi connectivity index (χ2n) is 6.33. The summed E-state index contributed by atoms with van der Waals surface area (Å²) >= 11 is 1.22. The van der Waals surface area contributed by atoms with Gasteiger partial charge in [0.2, 0.25) is 0 Å². The van der Waals surface area contributed by atoms with E-state index < -0.39 is 17.2 Å². The van der Waals surface area contributed by atoms with Crippen LogP contribution in [0.4, 0.5) is 4.39 Å². The SMILES string of the molecule is CC(=O)C(C)(C)Cc1ccc(C(=O)Oc2ccc(C(=N)N)cc2F)s1. The van der Waals surface area contributed by atoms with Crippen LogP contribution in [0.2, 0.25) is 0 Å². The molecular weight excluding hydrogens is 343 g/mol. The smallest absolute Gasteiger partial charge is 0.353 e. The highest BCUT2D eigenvalue weighted by Gasteiger charge is 2.25. The number of ether oxygens (including phenoxy) is 1. The Morgan fingerprint density at radius 2 is 1.96 bits per heavy atom. The number of nitrogen functional groups attached to an aromatic ring is 1. The predicted octanol–water partition coefficient (Wildman–Crippen LogP) is 3.55. The molecule has 0 spiro atoms. The minimum absolute atomic E-state index is 0.0673. The van der Waals surface area contributed by atoms with Gasteiger partial charge >= 0.3 is 5.97 Å². The monoisotopic (exact) mass is 362 g/mol. The molecule has 0 amide bonds. The number of Topliss-reactive ketones (excluding diaryl/α,β-unsaturated/α-hetero) is 1. The van der Waals surface area contributed by atoms with Crippen LogP contribution in [0.15, 0.2) is 30.3 Å². The molecule has 2 rings (SSSR count). The van der Waals surface area contributed by atoms with E-state index in [1.165, 1.54) is 30.4 Å². The molecule has 25 heavy (non-hydrogen) atoms. The molecule has 0 saturated carbocycles. The number of halogens is 1. The van der Waals surface area contributed by atoms with E-state index in [1.54, 1.807) is 12.1 Å². The summed E-state index contributed by atoms with van der Waals surface area (Å²) in [5.41, 5.74) is 4.98. The third-order valence-corrected chi connectivity index (χ3v) is 4.94. The second-order valence-corrected chi connectivity index (χ2v) is 7.50. The molecule has 0 unspecified atom stereocenters. The van der Waals surface area contributed by atoms with Gasteiger partial charge in [0.1, 0.15) is 16.5 Å². The Balaban J connectivity index is 2.12. The molecule has 1 aromatic carbocycles. The second kappa shape index (κ2) is 7.14. The van der Waals surface area contributed by atoms with Crippen molar-refractivity contribution in [3.8, 4) is 5.75 Å². The van der Waals surface area contributed by atoms with E-state index in [4.69, 9.17) is 15.9 Å². The molecule has 1 aromatic heterocycles. The Bertz CT molecular complexity index is 843. The van der Waals surface area contributed by atoms with Gasteiger partial charge in [-0.1, -0.05) is 13.8 Å². The van der Waals surface area contributed by atoms with Crippen molar-refractivity contribution in [2.45, 2.75) is 27.2 Å². The van der Waals surface area contributed by atoms with Gasteiger partial charge in [0.05, 0.1) is 0 Å². The third kappa shape index (κ3) is 4.51. The van der Waals surface area contributed by atoms with Crippen molar-refractivity contribution in [3.63, 3.8) is 0 Å². The van der Waals surface area contributed by atoms with Gasteiger partial charge in [-0.15, -0.1) is 11.3 Å². The highest BCUT2D eigenvalue weighted by atomic mass is 32.1. The molecule has 0 aliphatic heterocycles. The van der Waals surface area contributed by atoms with Gasteiger partial charge in [-0.3, -0.25) is 10.2 Å². The number of thiophene rings is 1. The van der Waals surface area contributed by atoms with E-state index in [1.807, 2.05) is 13.8 Å². The Hall–Kier alpha value is -2.54. The average Bonchev–Trinajstić information content (AvgIpc) is 2.96. The quantitative estimate of drug-likeness (QED) is 0.356. The summed E-state index contributed by atoms with van der Waals surface area (Å²) in [4.78, 5) is 25.0. The largest absolute Gasteiger partial charge is 0.419 e. The lowest BCUT2D eigenvalue weighted by atomic mass is 9.85. The molecule has 3 N–H and O–H groups in total. The van der Waals surface area contributed by atoms with E-state index in [0.29, 0.717) is 11.3 Å². The molecule has 0 radical (unpaired) electrons. The van der Waals surface area contributed by atoms with E-state index in [-0.39, 0.29) is 22.9 Å². The maximum Gasteiger partial charge on any atom is 0.353 e. The first-order chi connectivity index (χ1) is 11.6. The number of carbonyl (C=O) groups is 2. The molecule has 132 valence electrons. The molecule has 0 atom stereocenters. The number of rotatable bonds is 6. The van der Waals surface area contributed by atoms with Crippen LogP contribution in [-0.2, 0) is 11.2 Å². The Labute approximate surface area is 149 Å². The van der Waals surface area contributed by atoms with Gasteiger partial charge in [-0.2, -0.15) is 0 Å². The lowest BCUT2D eigenvalue weighted by Crippen LogP contribution is -2.23. The zero-order valence-electron chi connectivity index (χ0n) is 14.2. The molecule has 1 heterocycles. The first-order valence-corrected chi connectivity index (χ1v) is 8.37. The van der Waals surface area contributed by atoms with Gasteiger partial charge in [0.15, 0.2) is 11.6 Å². The Morgan fingerprint density at radius 3 is 2.52 bits per heavy atom. The molecule has 0 fully saturated rings. The van der Waals surface area contributed by atoms with Crippen LogP contribution >= 0.6 is 11.3 Å². The van der Waals surface area contributed by atoms with Gasteiger partial charge in [-0.25, -0.2) is 9.18 Å². The maximum atomic E-state index is 13.9. The number of hydrogen-bond donors (Lipinski definition) is 2. The first kappa shape index (κ1) is 18.8. The van der Waals surface area contributed by atoms with E-state index in [0.717, 1.165) is 10.9 Å². The van der Waals surface area contributed by atoms with Crippen molar-refractivity contribution in [1.82, 2.24) is 0 Å². The molecule has 0 bridgehead atoms. The normalized spacial score (nSPS) is 11.2. The predicted molar refractivity (Wildman–Crippen MR) is 94.9 cm³/mol. The summed E-state index contributed by atoms with van der Waals surface area (Å²) in [7, 11) is 0. The molecule has 0 aliphatic carbocycles. The van der Waals surface area contributed by atoms with E-state index in [9.17, 15) is 14.0 Å². The Kier molecular flexibility index (Phi) is 5.37. The molecule has 0 aliphatic rings. The van der Waals surface area contributed by atoms with Crippen LogP contribution in [0.1, 0.15) is 40.9 Å². The highest BCUT2D eigenvalue weighted by molar-refractivity contribution is 7.13. The summed E-state index contributed by atoms with van der Waals surface area (Å²) in [5, 5.41) is 7.26. The van der Waals surface area contributed by atoms with E-state index >= 15 is 0 Å². The van der Waals surface area contributed by atoms with Gasteiger partial charge in [0.25, 0.3) is 0 Å². The number of nitrogens with two attached hydrogens (primary N) is 1. The summed E-state index contributed by atoms with van der Waals surface area (Å²) in [6, 6.07) is 7.07. The van der Waals surface area contributed by atoms with Gasteiger partial charge in [0, 0.05) is 15.9 Å². The van der Waals surface area contributed by atoms with Gasteiger partial charge < -0.3 is 10.5 Å². The zero-order valence-corrected chi connectivity index (χ0v) is 15.0. The Morgan fingerprint density at radius 1 is 1.28 bits per heavy atom.